The van der Waals surface area contributed by atoms with Crippen LogP contribution in [0.15, 0.2) is 6.07 Å². The number of aromatic nitrogens is 2. The first-order chi connectivity index (χ1) is 24.5. The van der Waals surface area contributed by atoms with Crippen LogP contribution in [-0.4, -0.2) is 110 Å². The molecule has 3 aliphatic rings. The van der Waals surface area contributed by atoms with E-state index < -0.39 is 13.6 Å². The predicted octanol–water partition coefficient (Wildman–Crippen LogP) is 5.24. The highest BCUT2D eigenvalue weighted by atomic mass is 31.2. The Labute approximate surface area is 308 Å². The normalized spacial score (nSPS) is 22.6. The molecular weight excluding hydrogens is 665 g/mol. The molecule has 0 bridgehead atoms. The molecule has 0 radical (unpaired) electrons. The number of rotatable bonds is 20. The molecule has 2 heterocycles. The van der Waals surface area contributed by atoms with Gasteiger partial charge in [0.05, 0.1) is 19.4 Å². The quantitative estimate of drug-likeness (QED) is 0.0878. The topological polar surface area (TPSA) is 159 Å². The zero-order valence-electron chi connectivity index (χ0n) is 32.4. The summed E-state index contributed by atoms with van der Waals surface area (Å²) >= 11 is 0. The van der Waals surface area contributed by atoms with E-state index in [4.69, 9.17) is 19.8 Å². The second-order valence-corrected chi connectivity index (χ2v) is 18.0. The molecule has 1 saturated heterocycles. The molecule has 14 heteroatoms. The van der Waals surface area contributed by atoms with Gasteiger partial charge in [0, 0.05) is 43.8 Å². The maximum absolute atomic E-state index is 13.6. The molecule has 4 rings (SSSR count). The van der Waals surface area contributed by atoms with Gasteiger partial charge in [0.2, 0.25) is 11.9 Å². The van der Waals surface area contributed by atoms with Crippen LogP contribution in [0.25, 0.3) is 0 Å². The zero-order chi connectivity index (χ0) is 36.7. The van der Waals surface area contributed by atoms with Gasteiger partial charge in [0.1, 0.15) is 17.7 Å². The molecule has 3 fully saturated rings. The van der Waals surface area contributed by atoms with E-state index >= 15 is 0 Å². The Morgan fingerprint density at radius 1 is 0.941 bits per heavy atom. The third kappa shape index (κ3) is 14.7. The van der Waals surface area contributed by atoms with Crippen molar-refractivity contribution in [1.29, 1.82) is 0 Å². The van der Waals surface area contributed by atoms with Crippen LogP contribution in [0.2, 0.25) is 0 Å². The monoisotopic (exact) mass is 736 g/mol. The van der Waals surface area contributed by atoms with Crippen molar-refractivity contribution >= 4 is 31.1 Å². The Bertz CT molecular complexity index is 1210. The Balaban J connectivity index is 1.23. The van der Waals surface area contributed by atoms with Gasteiger partial charge in [-0.05, 0) is 124 Å². The van der Waals surface area contributed by atoms with E-state index in [1.807, 2.05) is 34.6 Å². The molecule has 1 amide bonds. The molecule has 1 atom stereocenters. The van der Waals surface area contributed by atoms with Crippen LogP contribution < -0.4 is 31.9 Å². The van der Waals surface area contributed by atoms with Gasteiger partial charge in [-0.2, -0.15) is 9.97 Å². The van der Waals surface area contributed by atoms with Gasteiger partial charge in [0.15, 0.2) is 0 Å². The summed E-state index contributed by atoms with van der Waals surface area (Å²) in [6, 6.07) is 2.14. The minimum absolute atomic E-state index is 0.0390. The number of nitrogens with zero attached hydrogens (tertiary/aromatic N) is 4. The van der Waals surface area contributed by atoms with Crippen LogP contribution in [0.1, 0.15) is 105 Å². The second kappa shape index (κ2) is 21.0. The van der Waals surface area contributed by atoms with E-state index in [2.05, 4.69) is 36.1 Å². The molecule has 13 nitrogen and oxygen atoms in total. The van der Waals surface area contributed by atoms with Gasteiger partial charge in [-0.15, -0.1) is 0 Å². The summed E-state index contributed by atoms with van der Waals surface area (Å²) in [6.07, 6.45) is 13.9. The summed E-state index contributed by atoms with van der Waals surface area (Å²) in [5, 5.41) is 14.1. The Kier molecular flexibility index (Phi) is 17.2. The van der Waals surface area contributed by atoms with Crippen molar-refractivity contribution in [2.45, 2.75) is 123 Å². The highest BCUT2D eigenvalue weighted by Gasteiger charge is 2.35. The van der Waals surface area contributed by atoms with Gasteiger partial charge in [0.25, 0.3) is 0 Å². The van der Waals surface area contributed by atoms with E-state index in [1.54, 1.807) is 6.07 Å². The number of carbonyl (C=O) groups is 1. The summed E-state index contributed by atoms with van der Waals surface area (Å²) < 4.78 is 24.0. The fraction of sp³-hybridized carbons (Fsp3) is 0.865. The van der Waals surface area contributed by atoms with Gasteiger partial charge in [-0.25, -0.2) is 0 Å². The average Bonchev–Trinajstić information content (AvgIpc) is 3.09. The van der Waals surface area contributed by atoms with Crippen LogP contribution in [-0.2, 0) is 18.4 Å². The standard InChI is InChI=1S/C37H70N9O4P/c1-6-49-51(48,50-7-2)24-12-21-45-22-23-46(28-32(45)35(47)44-37(3,4)5)34-25-33(38)42-36(43-34)41-27-30-17-15-29(16-18-30)26-39-19-11-20-40-31-13-9-8-10-14-31/h25,29-32,39-40H,6-24,26-28H2,1-5H3,(H,44,47)(H3,38,41,42,43)/t29-,30-,32-/m0/s1. The summed E-state index contributed by atoms with van der Waals surface area (Å²) in [5.74, 6) is 2.97. The Hall–Kier alpha value is -2.02. The predicted molar refractivity (Wildman–Crippen MR) is 209 cm³/mol. The zero-order valence-corrected chi connectivity index (χ0v) is 33.3. The van der Waals surface area contributed by atoms with Gasteiger partial charge >= 0.3 is 7.60 Å². The maximum atomic E-state index is 13.6. The van der Waals surface area contributed by atoms with Gasteiger partial charge in [-0.1, -0.05) is 19.3 Å². The lowest BCUT2D eigenvalue weighted by atomic mass is 9.82. The Morgan fingerprint density at radius 2 is 1.63 bits per heavy atom. The highest BCUT2D eigenvalue weighted by Crippen LogP contribution is 2.48. The summed E-state index contributed by atoms with van der Waals surface area (Å²) in [5.41, 5.74) is 5.93. The van der Waals surface area contributed by atoms with Crippen LogP contribution >= 0.6 is 7.60 Å². The minimum atomic E-state index is -3.15. The molecule has 0 spiro atoms. The van der Waals surface area contributed by atoms with Crippen molar-refractivity contribution in [2.24, 2.45) is 11.8 Å². The van der Waals surface area contributed by atoms with Crippen molar-refractivity contribution in [3.8, 4) is 0 Å². The number of anilines is 3. The third-order valence-electron chi connectivity index (χ3n) is 10.4. The second-order valence-electron chi connectivity index (χ2n) is 15.8. The smallest absolute Gasteiger partial charge is 0.330 e. The number of nitrogens with one attached hydrogen (secondary N) is 4. The summed E-state index contributed by atoms with van der Waals surface area (Å²) in [7, 11) is -3.15. The Morgan fingerprint density at radius 3 is 2.29 bits per heavy atom. The lowest BCUT2D eigenvalue weighted by Gasteiger charge is -2.42. The lowest BCUT2D eigenvalue weighted by Crippen LogP contribution is -2.61. The summed E-state index contributed by atoms with van der Waals surface area (Å²) in [6.45, 7) is 16.8. The molecule has 0 aromatic carbocycles. The number of nitrogen functional groups attached to an aromatic ring is 1. The SMILES string of the molecule is CCOP(=O)(CCCN1CCN(c2cc(N)nc(NC[C@H]3CC[C@H](CNCCCNC4CCCCC4)CC3)n2)C[C@H]1C(=O)NC(C)(C)C)OCC. The fourth-order valence-electron chi connectivity index (χ4n) is 7.73. The first-order valence-electron chi connectivity index (χ1n) is 20.0. The molecule has 6 N–H and O–H groups in total. The highest BCUT2D eigenvalue weighted by molar-refractivity contribution is 7.53. The number of piperazine rings is 1. The molecule has 2 aliphatic carbocycles. The molecule has 292 valence electrons. The van der Waals surface area contributed by atoms with E-state index in [9.17, 15) is 9.36 Å². The number of carbonyl (C=O) groups excluding carboxylic acids is 1. The van der Waals surface area contributed by atoms with E-state index in [1.165, 1.54) is 64.2 Å². The largest absolute Gasteiger partial charge is 0.383 e. The molecule has 51 heavy (non-hydrogen) atoms. The minimum Gasteiger partial charge on any atom is -0.383 e. The summed E-state index contributed by atoms with van der Waals surface area (Å²) in [4.78, 5) is 27.3. The fourth-order valence-corrected chi connectivity index (χ4v) is 9.37. The van der Waals surface area contributed by atoms with Crippen molar-refractivity contribution in [3.05, 3.63) is 6.07 Å². The molecule has 1 aromatic rings. The van der Waals surface area contributed by atoms with Crippen molar-refractivity contribution in [2.75, 3.05) is 87.7 Å². The van der Waals surface area contributed by atoms with Crippen LogP contribution in [0, 0.1) is 11.8 Å². The number of nitrogens with two attached hydrogens (primary N) is 1. The molecule has 2 saturated carbocycles. The first-order valence-corrected chi connectivity index (χ1v) is 21.7. The average molecular weight is 736 g/mol. The third-order valence-corrected chi connectivity index (χ3v) is 12.6. The molecule has 0 unspecified atom stereocenters. The maximum Gasteiger partial charge on any atom is 0.330 e. The lowest BCUT2D eigenvalue weighted by molar-refractivity contribution is -0.128. The van der Waals surface area contributed by atoms with Gasteiger partial charge < -0.3 is 40.9 Å². The van der Waals surface area contributed by atoms with E-state index in [0.717, 1.165) is 44.0 Å². The van der Waals surface area contributed by atoms with Crippen molar-refractivity contribution < 1.29 is 18.4 Å². The number of hydrogen-bond donors (Lipinski definition) is 5. The van der Waals surface area contributed by atoms with E-state index in [-0.39, 0.29) is 11.4 Å². The van der Waals surface area contributed by atoms with Crippen molar-refractivity contribution in [3.63, 3.8) is 0 Å². The molecule has 1 aliphatic heterocycles. The van der Waals surface area contributed by atoms with Crippen LogP contribution in [0.3, 0.4) is 0 Å². The molecule has 1 aromatic heterocycles. The number of hydrogen-bond acceptors (Lipinski definition) is 12. The van der Waals surface area contributed by atoms with E-state index in [0.29, 0.717) is 69.7 Å². The number of amides is 1. The van der Waals surface area contributed by atoms with Crippen LogP contribution in [0.5, 0.6) is 0 Å². The molecular formula is C37H70N9O4P. The first kappa shape index (κ1) is 41.7. The van der Waals surface area contributed by atoms with Crippen molar-refractivity contribution in [1.82, 2.24) is 30.8 Å². The van der Waals surface area contributed by atoms with Crippen LogP contribution in [0.4, 0.5) is 17.6 Å². The van der Waals surface area contributed by atoms with Gasteiger partial charge in [-0.3, -0.25) is 14.3 Å².